The van der Waals surface area contributed by atoms with Crippen molar-refractivity contribution >= 4 is 33.4 Å². The molecule has 1 N–H and O–H groups in total. The summed E-state index contributed by atoms with van der Waals surface area (Å²) in [7, 11) is 0. The predicted molar refractivity (Wildman–Crippen MR) is 82.6 cm³/mol. The van der Waals surface area contributed by atoms with E-state index < -0.39 is 17.4 Å². The van der Waals surface area contributed by atoms with Gasteiger partial charge in [0.05, 0.1) is 4.47 Å². The van der Waals surface area contributed by atoms with Crippen molar-refractivity contribution in [1.82, 2.24) is 5.32 Å². The van der Waals surface area contributed by atoms with Crippen LogP contribution >= 0.6 is 15.9 Å². The Kier molecular flexibility index (Phi) is 4.10. The molecule has 1 saturated heterocycles. The molecule has 2 rings (SSSR count). The molecule has 21 heavy (non-hydrogen) atoms. The van der Waals surface area contributed by atoms with Crippen LogP contribution in [-0.2, 0) is 9.59 Å². The molecule has 1 aliphatic heterocycles. The summed E-state index contributed by atoms with van der Waals surface area (Å²) in [5.74, 6) is -0.784. The summed E-state index contributed by atoms with van der Waals surface area (Å²) >= 11 is 3.13. The number of hydrogen-bond donors (Lipinski definition) is 1. The van der Waals surface area contributed by atoms with Gasteiger partial charge in [0.2, 0.25) is 5.91 Å². The summed E-state index contributed by atoms with van der Waals surface area (Å²) in [5, 5.41) is 2.77. The molecule has 2 atom stereocenters. The van der Waals surface area contributed by atoms with E-state index in [4.69, 9.17) is 0 Å². The number of aryl methyl sites for hydroxylation is 1. The van der Waals surface area contributed by atoms with Gasteiger partial charge in [0.15, 0.2) is 0 Å². The van der Waals surface area contributed by atoms with E-state index in [1.165, 1.54) is 11.0 Å². The van der Waals surface area contributed by atoms with E-state index in [-0.39, 0.29) is 16.3 Å². The number of carbonyl (C=O) groups excluding carboxylic acids is 2. The second-order valence-corrected chi connectivity index (χ2v) is 6.43. The number of nitrogens with one attached hydrogen (secondary N) is 1. The van der Waals surface area contributed by atoms with Crippen LogP contribution in [0.15, 0.2) is 16.6 Å². The Hall–Kier alpha value is -1.43. The van der Waals surface area contributed by atoms with Gasteiger partial charge in [-0.1, -0.05) is 6.92 Å². The van der Waals surface area contributed by atoms with E-state index in [1.54, 1.807) is 26.8 Å². The highest BCUT2D eigenvalue weighted by atomic mass is 79.9. The zero-order valence-electron chi connectivity index (χ0n) is 12.5. The first-order chi connectivity index (χ1) is 9.71. The van der Waals surface area contributed by atoms with E-state index in [9.17, 15) is 14.0 Å². The van der Waals surface area contributed by atoms with Gasteiger partial charge in [0.25, 0.3) is 5.91 Å². The Bertz CT molecular complexity index is 620. The molecule has 0 bridgehead atoms. The molecule has 0 radical (unpaired) electrons. The fourth-order valence-electron chi connectivity index (χ4n) is 2.44. The largest absolute Gasteiger partial charge is 0.340 e. The molecule has 0 aliphatic carbocycles. The molecule has 114 valence electrons. The van der Waals surface area contributed by atoms with Crippen molar-refractivity contribution in [3.05, 3.63) is 28.0 Å². The first-order valence-electron chi connectivity index (χ1n) is 6.82. The van der Waals surface area contributed by atoms with Crippen molar-refractivity contribution in [2.45, 2.75) is 45.7 Å². The number of carbonyl (C=O) groups is 2. The molecular weight excluding hydrogens is 339 g/mol. The molecule has 4 nitrogen and oxygen atoms in total. The first-order valence-corrected chi connectivity index (χ1v) is 7.62. The molecule has 2 amide bonds. The van der Waals surface area contributed by atoms with Gasteiger partial charge in [-0.2, -0.15) is 0 Å². The molecule has 0 spiro atoms. The highest BCUT2D eigenvalue weighted by molar-refractivity contribution is 9.10. The monoisotopic (exact) mass is 356 g/mol. The minimum absolute atomic E-state index is 0.182. The molecule has 1 aromatic rings. The number of halogens is 2. The Morgan fingerprint density at radius 3 is 2.62 bits per heavy atom. The van der Waals surface area contributed by atoms with Crippen LogP contribution in [0.1, 0.15) is 32.8 Å². The fourth-order valence-corrected chi connectivity index (χ4v) is 2.77. The van der Waals surface area contributed by atoms with Crippen LogP contribution in [0.2, 0.25) is 0 Å². The second-order valence-electron chi connectivity index (χ2n) is 5.58. The Balaban J connectivity index is 2.57. The highest BCUT2D eigenvalue weighted by Crippen LogP contribution is 2.32. The summed E-state index contributed by atoms with van der Waals surface area (Å²) in [4.78, 5) is 26.4. The summed E-state index contributed by atoms with van der Waals surface area (Å²) in [5.41, 5.74) is 0.232. The smallest absolute Gasteiger partial charge is 0.253 e. The van der Waals surface area contributed by atoms with Gasteiger partial charge in [0.1, 0.15) is 17.4 Å². The van der Waals surface area contributed by atoms with Crippen molar-refractivity contribution in [2.75, 3.05) is 4.90 Å². The van der Waals surface area contributed by atoms with Gasteiger partial charge in [0, 0.05) is 5.69 Å². The maximum atomic E-state index is 13.6. The van der Waals surface area contributed by atoms with Crippen LogP contribution in [0.5, 0.6) is 0 Å². The molecule has 1 aliphatic rings. The van der Waals surface area contributed by atoms with E-state index in [0.717, 1.165) is 0 Å². The topological polar surface area (TPSA) is 49.4 Å². The molecular formula is C15H18BrFN2O2. The lowest BCUT2D eigenvalue weighted by atomic mass is 9.91. The number of amides is 2. The fraction of sp³-hybridized carbons (Fsp3) is 0.467. The number of rotatable bonds is 2. The number of hydrogen-bond acceptors (Lipinski definition) is 2. The van der Waals surface area contributed by atoms with Crippen molar-refractivity contribution in [3.8, 4) is 0 Å². The summed E-state index contributed by atoms with van der Waals surface area (Å²) in [6.07, 6.45) is 0.488. The van der Waals surface area contributed by atoms with Crippen LogP contribution in [0, 0.1) is 12.7 Å². The third kappa shape index (κ3) is 2.57. The first kappa shape index (κ1) is 15.9. The van der Waals surface area contributed by atoms with Gasteiger partial charge < -0.3 is 5.32 Å². The summed E-state index contributed by atoms with van der Waals surface area (Å²) in [6, 6.07) is 2.27. The van der Waals surface area contributed by atoms with Crippen LogP contribution in [0.25, 0.3) is 0 Å². The summed E-state index contributed by atoms with van der Waals surface area (Å²) < 4.78 is 13.9. The van der Waals surface area contributed by atoms with Gasteiger partial charge in [-0.15, -0.1) is 0 Å². The molecule has 2 unspecified atom stereocenters. The molecule has 1 aromatic carbocycles. The Morgan fingerprint density at radius 2 is 2.05 bits per heavy atom. The van der Waals surface area contributed by atoms with Gasteiger partial charge >= 0.3 is 0 Å². The summed E-state index contributed by atoms with van der Waals surface area (Å²) in [6.45, 7) is 6.94. The van der Waals surface area contributed by atoms with Crippen LogP contribution in [0.3, 0.4) is 0 Å². The van der Waals surface area contributed by atoms with E-state index >= 15 is 0 Å². The van der Waals surface area contributed by atoms with Crippen molar-refractivity contribution in [1.29, 1.82) is 0 Å². The lowest BCUT2D eigenvalue weighted by molar-refractivity contribution is -0.137. The van der Waals surface area contributed by atoms with Crippen LogP contribution in [0.4, 0.5) is 10.1 Å². The number of benzene rings is 1. The Morgan fingerprint density at radius 1 is 1.43 bits per heavy atom. The second kappa shape index (κ2) is 5.40. The van der Waals surface area contributed by atoms with Crippen molar-refractivity contribution < 1.29 is 14.0 Å². The van der Waals surface area contributed by atoms with Gasteiger partial charge in [-0.25, -0.2) is 4.39 Å². The predicted octanol–water partition coefficient (Wildman–Crippen LogP) is 2.92. The molecule has 6 heteroatoms. The zero-order chi connectivity index (χ0) is 15.9. The molecule has 1 heterocycles. The van der Waals surface area contributed by atoms with E-state index in [1.807, 2.05) is 6.92 Å². The minimum Gasteiger partial charge on any atom is -0.340 e. The van der Waals surface area contributed by atoms with Crippen molar-refractivity contribution in [3.63, 3.8) is 0 Å². The standard InChI is InChI=1S/C15H18BrFN2O2/c1-5-15(4)14(21)19(9(3)13(20)18-15)12-7-10(16)11(17)6-8(12)2/h6-7,9H,5H2,1-4H3,(H,18,20). The third-order valence-corrected chi connectivity index (χ3v) is 4.67. The van der Waals surface area contributed by atoms with E-state index in [2.05, 4.69) is 21.2 Å². The Labute approximate surface area is 131 Å². The third-order valence-electron chi connectivity index (χ3n) is 4.06. The maximum Gasteiger partial charge on any atom is 0.253 e. The number of piperazine rings is 1. The van der Waals surface area contributed by atoms with Gasteiger partial charge in [-0.3, -0.25) is 14.5 Å². The normalized spacial score (nSPS) is 26.0. The highest BCUT2D eigenvalue weighted by Gasteiger charge is 2.46. The molecule has 0 saturated carbocycles. The average molecular weight is 357 g/mol. The minimum atomic E-state index is -0.934. The van der Waals surface area contributed by atoms with Crippen LogP contribution in [-0.4, -0.2) is 23.4 Å². The lowest BCUT2D eigenvalue weighted by Crippen LogP contribution is -2.68. The molecule has 0 aromatic heterocycles. The van der Waals surface area contributed by atoms with E-state index in [0.29, 0.717) is 17.7 Å². The average Bonchev–Trinajstić information content (AvgIpc) is 2.42. The van der Waals surface area contributed by atoms with Crippen LogP contribution < -0.4 is 10.2 Å². The molecule has 1 fully saturated rings. The van der Waals surface area contributed by atoms with Crippen molar-refractivity contribution in [2.24, 2.45) is 0 Å². The number of nitrogens with zero attached hydrogens (tertiary/aromatic N) is 1. The maximum absolute atomic E-state index is 13.6. The van der Waals surface area contributed by atoms with Gasteiger partial charge in [-0.05, 0) is 60.8 Å². The quantitative estimate of drug-likeness (QED) is 0.885. The SMILES string of the molecule is CCC1(C)NC(=O)C(C)N(c2cc(Br)c(F)cc2C)C1=O. The lowest BCUT2D eigenvalue weighted by Gasteiger charge is -2.43. The number of anilines is 1. The zero-order valence-corrected chi connectivity index (χ0v) is 14.0.